The van der Waals surface area contributed by atoms with Crippen LogP contribution in [-0.2, 0) is 11.2 Å². The second-order valence-corrected chi connectivity index (χ2v) is 7.12. The van der Waals surface area contributed by atoms with E-state index in [1.165, 1.54) is 19.3 Å². The summed E-state index contributed by atoms with van der Waals surface area (Å²) >= 11 is 0. The number of likely N-dealkylation sites (tertiary alicyclic amines) is 1. The van der Waals surface area contributed by atoms with Gasteiger partial charge in [0.2, 0.25) is 0 Å². The highest BCUT2D eigenvalue weighted by Crippen LogP contribution is 2.39. The zero-order chi connectivity index (χ0) is 16.1. The third kappa shape index (κ3) is 4.28. The van der Waals surface area contributed by atoms with Crippen LogP contribution in [0.25, 0.3) is 0 Å². The van der Waals surface area contributed by atoms with Crippen LogP contribution in [0.3, 0.4) is 0 Å². The second-order valence-electron chi connectivity index (χ2n) is 7.12. The predicted octanol–water partition coefficient (Wildman–Crippen LogP) is 2.68. The van der Waals surface area contributed by atoms with E-state index in [0.29, 0.717) is 11.5 Å². The molecule has 5 nitrogen and oxygen atoms in total. The molecule has 0 aliphatic carbocycles. The first-order chi connectivity index (χ1) is 11.2. The van der Waals surface area contributed by atoms with Gasteiger partial charge >= 0.3 is 0 Å². The van der Waals surface area contributed by atoms with Crippen molar-refractivity contribution >= 4 is 5.96 Å². The Labute approximate surface area is 139 Å². The van der Waals surface area contributed by atoms with Crippen LogP contribution in [-0.4, -0.2) is 49.7 Å². The van der Waals surface area contributed by atoms with Crippen LogP contribution in [0.15, 0.2) is 27.8 Å². The zero-order valence-electron chi connectivity index (χ0n) is 14.4. The first-order valence-electron chi connectivity index (χ1n) is 8.83. The molecule has 0 saturated carbocycles. The molecule has 1 aromatic rings. The Bertz CT molecular complexity index is 504. The molecule has 3 rings (SSSR count). The lowest BCUT2D eigenvalue weighted by molar-refractivity contribution is 0.0217. The smallest absolute Gasteiger partial charge is 0.194 e. The molecular weight excluding hydrogens is 290 g/mol. The summed E-state index contributed by atoms with van der Waals surface area (Å²) in [5, 5.41) is 3.54. The molecule has 0 unspecified atom stereocenters. The lowest BCUT2D eigenvalue weighted by Gasteiger charge is -2.34. The molecule has 0 bridgehead atoms. The number of nitrogens with one attached hydrogen (secondary N) is 1. The van der Waals surface area contributed by atoms with Crippen LogP contribution in [0.5, 0.6) is 0 Å². The van der Waals surface area contributed by atoms with Gasteiger partial charge < -0.3 is 19.4 Å². The topological polar surface area (TPSA) is 50.0 Å². The van der Waals surface area contributed by atoms with E-state index in [2.05, 4.69) is 24.1 Å². The van der Waals surface area contributed by atoms with Crippen molar-refractivity contribution in [2.24, 2.45) is 10.4 Å². The highest BCUT2D eigenvalue weighted by molar-refractivity contribution is 5.80. The van der Waals surface area contributed by atoms with Crippen LogP contribution in [0.1, 0.15) is 38.9 Å². The Hall–Kier alpha value is -1.49. The van der Waals surface area contributed by atoms with Crippen molar-refractivity contribution in [1.82, 2.24) is 10.2 Å². The monoisotopic (exact) mass is 319 g/mol. The maximum Gasteiger partial charge on any atom is 0.194 e. The summed E-state index contributed by atoms with van der Waals surface area (Å²) < 4.78 is 10.9. The summed E-state index contributed by atoms with van der Waals surface area (Å²) in [6.45, 7) is 9.13. The molecule has 2 aliphatic heterocycles. The number of rotatable bonds is 4. The van der Waals surface area contributed by atoms with Gasteiger partial charge in [-0.05, 0) is 50.7 Å². The molecule has 0 atom stereocenters. The number of hydrogen-bond acceptors (Lipinski definition) is 3. The van der Waals surface area contributed by atoms with Gasteiger partial charge in [0, 0.05) is 45.3 Å². The molecule has 0 radical (unpaired) electrons. The van der Waals surface area contributed by atoms with Gasteiger partial charge in [-0.25, -0.2) is 0 Å². The molecule has 5 heteroatoms. The summed E-state index contributed by atoms with van der Waals surface area (Å²) in [5.41, 5.74) is 0.443. The molecule has 128 valence electrons. The van der Waals surface area contributed by atoms with E-state index in [1.54, 1.807) is 6.26 Å². The van der Waals surface area contributed by atoms with Gasteiger partial charge in [-0.1, -0.05) is 0 Å². The standard InChI is InChI=1S/C18H29N3O2/c1-15(2)20-17(19-9-5-16-4-3-11-23-16)21-10-6-18(14-21)7-12-22-13-8-18/h3-4,11,15H,5-10,12-14H2,1-2H3,(H,19,20). The van der Waals surface area contributed by atoms with Gasteiger partial charge in [0.1, 0.15) is 5.76 Å². The van der Waals surface area contributed by atoms with Crippen LogP contribution >= 0.6 is 0 Å². The number of furan rings is 1. The molecular formula is C18H29N3O2. The number of nitrogens with zero attached hydrogens (tertiary/aromatic N) is 2. The molecule has 0 amide bonds. The van der Waals surface area contributed by atoms with Crippen molar-refractivity contribution < 1.29 is 9.15 Å². The fourth-order valence-electron chi connectivity index (χ4n) is 3.55. The molecule has 1 aromatic heterocycles. The quantitative estimate of drug-likeness (QED) is 0.685. The fraction of sp³-hybridized carbons (Fsp3) is 0.722. The van der Waals surface area contributed by atoms with Gasteiger partial charge in [0.05, 0.1) is 6.26 Å². The first kappa shape index (κ1) is 16.4. The van der Waals surface area contributed by atoms with Gasteiger partial charge in [0.25, 0.3) is 0 Å². The summed E-state index contributed by atoms with van der Waals surface area (Å²) in [7, 11) is 0. The molecule has 2 saturated heterocycles. The summed E-state index contributed by atoms with van der Waals surface area (Å²) in [6, 6.07) is 4.34. The molecule has 2 fully saturated rings. The third-order valence-corrected chi connectivity index (χ3v) is 4.91. The maximum atomic E-state index is 5.55. The van der Waals surface area contributed by atoms with E-state index >= 15 is 0 Å². The second kappa shape index (κ2) is 7.39. The van der Waals surface area contributed by atoms with Crippen LogP contribution in [0.2, 0.25) is 0 Å². The Morgan fingerprint density at radius 2 is 2.17 bits per heavy atom. The largest absolute Gasteiger partial charge is 0.469 e. The lowest BCUT2D eigenvalue weighted by atomic mass is 9.80. The summed E-state index contributed by atoms with van der Waals surface area (Å²) in [6.07, 6.45) is 6.20. The number of ether oxygens (including phenoxy) is 1. The van der Waals surface area contributed by atoms with Gasteiger partial charge in [-0.3, -0.25) is 4.99 Å². The molecule has 1 N–H and O–H groups in total. The van der Waals surface area contributed by atoms with E-state index in [1.807, 2.05) is 12.1 Å². The molecule has 3 heterocycles. The fourth-order valence-corrected chi connectivity index (χ4v) is 3.55. The predicted molar refractivity (Wildman–Crippen MR) is 91.7 cm³/mol. The van der Waals surface area contributed by atoms with E-state index in [0.717, 1.165) is 51.0 Å². The normalized spacial score (nSPS) is 21.3. The highest BCUT2D eigenvalue weighted by Gasteiger charge is 2.40. The maximum absolute atomic E-state index is 5.55. The Balaban J connectivity index is 1.61. The Morgan fingerprint density at radius 1 is 1.35 bits per heavy atom. The van der Waals surface area contributed by atoms with E-state index < -0.39 is 0 Å². The minimum absolute atomic E-state index is 0.392. The van der Waals surface area contributed by atoms with Crippen molar-refractivity contribution in [2.45, 2.75) is 45.6 Å². The van der Waals surface area contributed by atoms with Crippen LogP contribution < -0.4 is 5.32 Å². The summed E-state index contributed by atoms with van der Waals surface area (Å²) in [4.78, 5) is 7.28. The minimum Gasteiger partial charge on any atom is -0.469 e. The average molecular weight is 319 g/mol. The SMILES string of the molecule is CC(C)NC(=NCCc1ccco1)N1CCC2(CCOCC2)C1. The van der Waals surface area contributed by atoms with Gasteiger partial charge in [0.15, 0.2) is 5.96 Å². The third-order valence-electron chi connectivity index (χ3n) is 4.91. The number of guanidine groups is 1. The van der Waals surface area contributed by atoms with Gasteiger partial charge in [-0.2, -0.15) is 0 Å². The highest BCUT2D eigenvalue weighted by atomic mass is 16.5. The van der Waals surface area contributed by atoms with E-state index in [-0.39, 0.29) is 0 Å². The number of aliphatic imine (C=N–C) groups is 1. The molecule has 2 aliphatic rings. The van der Waals surface area contributed by atoms with Crippen molar-refractivity contribution in [1.29, 1.82) is 0 Å². The Kier molecular flexibility index (Phi) is 5.26. The van der Waals surface area contributed by atoms with E-state index in [4.69, 9.17) is 14.1 Å². The molecule has 23 heavy (non-hydrogen) atoms. The average Bonchev–Trinajstić information content (AvgIpc) is 3.17. The minimum atomic E-state index is 0.392. The zero-order valence-corrected chi connectivity index (χ0v) is 14.4. The molecule has 0 aromatic carbocycles. The van der Waals surface area contributed by atoms with Gasteiger partial charge in [-0.15, -0.1) is 0 Å². The van der Waals surface area contributed by atoms with Crippen molar-refractivity contribution in [3.05, 3.63) is 24.2 Å². The van der Waals surface area contributed by atoms with E-state index in [9.17, 15) is 0 Å². The number of hydrogen-bond donors (Lipinski definition) is 1. The summed E-state index contributed by atoms with van der Waals surface area (Å²) in [5.74, 6) is 2.05. The van der Waals surface area contributed by atoms with Crippen LogP contribution in [0.4, 0.5) is 0 Å². The van der Waals surface area contributed by atoms with Crippen molar-refractivity contribution in [3.63, 3.8) is 0 Å². The molecule has 1 spiro atoms. The van der Waals surface area contributed by atoms with Crippen molar-refractivity contribution in [3.8, 4) is 0 Å². The van der Waals surface area contributed by atoms with Crippen molar-refractivity contribution in [2.75, 3.05) is 32.8 Å². The Morgan fingerprint density at radius 3 is 2.87 bits per heavy atom. The lowest BCUT2D eigenvalue weighted by Crippen LogP contribution is -2.45. The first-order valence-corrected chi connectivity index (χ1v) is 8.83. The van der Waals surface area contributed by atoms with Crippen LogP contribution in [0, 0.1) is 5.41 Å².